The average molecular weight is 251 g/mol. The maximum absolute atomic E-state index is 9.17. The molecule has 1 aliphatic heterocycles. The molecule has 1 saturated heterocycles. The van der Waals surface area contributed by atoms with Gasteiger partial charge in [-0.2, -0.15) is 5.26 Å². The van der Waals surface area contributed by atoms with Crippen molar-refractivity contribution in [2.45, 2.75) is 58.4 Å². The standard InChI is InChI=1S/C15H29N3/c1-4-14-8-11-18(12-14)10-7-6-9-15(3,13-16)17-5-2/h14,17H,4-12H2,1-3H3. The van der Waals surface area contributed by atoms with Crippen molar-refractivity contribution >= 4 is 0 Å². The highest BCUT2D eigenvalue weighted by Gasteiger charge is 2.23. The van der Waals surface area contributed by atoms with E-state index in [1.165, 1.54) is 38.9 Å². The Morgan fingerprint density at radius 1 is 1.39 bits per heavy atom. The zero-order chi connectivity index (χ0) is 13.4. The highest BCUT2D eigenvalue weighted by molar-refractivity contribution is 5.03. The van der Waals surface area contributed by atoms with Gasteiger partial charge in [-0.3, -0.25) is 5.32 Å². The number of hydrogen-bond acceptors (Lipinski definition) is 3. The fourth-order valence-corrected chi connectivity index (χ4v) is 2.84. The second kappa shape index (κ2) is 7.76. The number of hydrogen-bond donors (Lipinski definition) is 1. The van der Waals surface area contributed by atoms with Crippen LogP contribution in [0.4, 0.5) is 0 Å². The predicted octanol–water partition coefficient (Wildman–Crippen LogP) is 2.78. The van der Waals surface area contributed by atoms with E-state index >= 15 is 0 Å². The molecule has 18 heavy (non-hydrogen) atoms. The van der Waals surface area contributed by atoms with E-state index < -0.39 is 0 Å². The van der Waals surface area contributed by atoms with Crippen molar-refractivity contribution in [3.8, 4) is 6.07 Å². The monoisotopic (exact) mass is 251 g/mol. The molecule has 0 saturated carbocycles. The number of unbranched alkanes of at least 4 members (excludes halogenated alkanes) is 1. The molecule has 0 aromatic carbocycles. The van der Waals surface area contributed by atoms with Gasteiger partial charge in [0.05, 0.1) is 6.07 Å². The van der Waals surface area contributed by atoms with Crippen LogP contribution in [0, 0.1) is 17.2 Å². The van der Waals surface area contributed by atoms with Crippen LogP contribution in [-0.2, 0) is 0 Å². The topological polar surface area (TPSA) is 39.1 Å². The summed E-state index contributed by atoms with van der Waals surface area (Å²) >= 11 is 0. The van der Waals surface area contributed by atoms with E-state index in [1.807, 2.05) is 6.92 Å². The fourth-order valence-electron chi connectivity index (χ4n) is 2.84. The van der Waals surface area contributed by atoms with Gasteiger partial charge in [-0.15, -0.1) is 0 Å². The van der Waals surface area contributed by atoms with E-state index in [2.05, 4.69) is 30.1 Å². The third kappa shape index (κ3) is 4.96. The maximum Gasteiger partial charge on any atom is 0.103 e. The minimum Gasteiger partial charge on any atom is -0.303 e. The minimum atomic E-state index is -0.328. The summed E-state index contributed by atoms with van der Waals surface area (Å²) in [7, 11) is 0. The number of nitriles is 1. The molecule has 3 nitrogen and oxygen atoms in total. The van der Waals surface area contributed by atoms with Crippen molar-refractivity contribution in [2.75, 3.05) is 26.2 Å². The van der Waals surface area contributed by atoms with Gasteiger partial charge in [0, 0.05) is 6.54 Å². The van der Waals surface area contributed by atoms with Gasteiger partial charge in [0.2, 0.25) is 0 Å². The summed E-state index contributed by atoms with van der Waals surface area (Å²) < 4.78 is 0. The summed E-state index contributed by atoms with van der Waals surface area (Å²) in [5, 5.41) is 12.4. The first-order valence-corrected chi connectivity index (χ1v) is 7.52. The quantitative estimate of drug-likeness (QED) is 0.674. The van der Waals surface area contributed by atoms with Gasteiger partial charge in [-0.05, 0) is 58.2 Å². The Morgan fingerprint density at radius 3 is 2.72 bits per heavy atom. The summed E-state index contributed by atoms with van der Waals surface area (Å²) in [6.07, 6.45) is 6.03. The van der Waals surface area contributed by atoms with Crippen LogP contribution < -0.4 is 5.32 Å². The van der Waals surface area contributed by atoms with Gasteiger partial charge in [-0.1, -0.05) is 20.3 Å². The molecule has 1 aliphatic rings. The van der Waals surface area contributed by atoms with Crippen molar-refractivity contribution < 1.29 is 0 Å². The fraction of sp³-hybridized carbons (Fsp3) is 0.933. The SMILES string of the molecule is CCNC(C)(C#N)CCCCN1CCC(CC)C1. The van der Waals surface area contributed by atoms with Crippen molar-refractivity contribution in [1.29, 1.82) is 5.26 Å². The lowest BCUT2D eigenvalue weighted by Gasteiger charge is -2.23. The third-order valence-electron chi connectivity index (χ3n) is 4.16. The number of rotatable bonds is 8. The zero-order valence-electron chi connectivity index (χ0n) is 12.3. The molecule has 0 aliphatic carbocycles. The van der Waals surface area contributed by atoms with E-state index in [4.69, 9.17) is 0 Å². The molecule has 2 atom stereocenters. The Hall–Kier alpha value is -0.590. The molecule has 1 N–H and O–H groups in total. The largest absolute Gasteiger partial charge is 0.303 e. The summed E-state index contributed by atoms with van der Waals surface area (Å²) in [4.78, 5) is 2.59. The summed E-state index contributed by atoms with van der Waals surface area (Å²) in [6.45, 7) is 11.0. The van der Waals surface area contributed by atoms with E-state index in [1.54, 1.807) is 0 Å². The molecule has 0 bridgehead atoms. The van der Waals surface area contributed by atoms with Crippen LogP contribution in [0.5, 0.6) is 0 Å². The summed E-state index contributed by atoms with van der Waals surface area (Å²) in [5.41, 5.74) is -0.328. The molecule has 3 heteroatoms. The van der Waals surface area contributed by atoms with Gasteiger partial charge in [-0.25, -0.2) is 0 Å². The second-order valence-electron chi connectivity index (χ2n) is 5.79. The Bertz CT molecular complexity index is 271. The minimum absolute atomic E-state index is 0.328. The average Bonchev–Trinajstić information content (AvgIpc) is 2.83. The highest BCUT2D eigenvalue weighted by Crippen LogP contribution is 2.20. The Balaban J connectivity index is 2.13. The molecule has 104 valence electrons. The summed E-state index contributed by atoms with van der Waals surface area (Å²) in [6, 6.07) is 2.40. The molecular weight excluding hydrogens is 222 g/mol. The van der Waals surface area contributed by atoms with Crippen molar-refractivity contribution in [1.82, 2.24) is 10.2 Å². The molecule has 0 amide bonds. The van der Waals surface area contributed by atoms with Crippen LogP contribution in [0.2, 0.25) is 0 Å². The number of likely N-dealkylation sites (tertiary alicyclic amines) is 1. The lowest BCUT2D eigenvalue weighted by Crippen LogP contribution is -2.40. The Labute approximate surface area is 113 Å². The molecule has 0 aromatic heterocycles. The first-order chi connectivity index (χ1) is 8.63. The first kappa shape index (κ1) is 15.5. The molecular formula is C15H29N3. The molecule has 2 unspecified atom stereocenters. The molecule has 1 fully saturated rings. The maximum atomic E-state index is 9.17. The number of nitrogens with zero attached hydrogens (tertiary/aromatic N) is 2. The van der Waals surface area contributed by atoms with Gasteiger partial charge < -0.3 is 4.90 Å². The van der Waals surface area contributed by atoms with Crippen molar-refractivity contribution in [3.63, 3.8) is 0 Å². The Kier molecular flexibility index (Phi) is 6.67. The lowest BCUT2D eigenvalue weighted by atomic mass is 9.96. The van der Waals surface area contributed by atoms with Crippen LogP contribution in [0.1, 0.15) is 52.9 Å². The molecule has 0 aromatic rings. The van der Waals surface area contributed by atoms with Crippen LogP contribution in [0.3, 0.4) is 0 Å². The van der Waals surface area contributed by atoms with E-state index in [0.29, 0.717) is 0 Å². The van der Waals surface area contributed by atoms with Gasteiger partial charge in [0.25, 0.3) is 0 Å². The molecule has 0 spiro atoms. The van der Waals surface area contributed by atoms with Crippen molar-refractivity contribution in [2.24, 2.45) is 5.92 Å². The molecule has 1 rings (SSSR count). The van der Waals surface area contributed by atoms with Gasteiger partial charge in [0.15, 0.2) is 0 Å². The van der Waals surface area contributed by atoms with Crippen LogP contribution in [0.25, 0.3) is 0 Å². The van der Waals surface area contributed by atoms with Gasteiger partial charge >= 0.3 is 0 Å². The van der Waals surface area contributed by atoms with Crippen molar-refractivity contribution in [3.05, 3.63) is 0 Å². The number of nitrogens with one attached hydrogen (secondary N) is 1. The predicted molar refractivity (Wildman–Crippen MR) is 76.4 cm³/mol. The first-order valence-electron chi connectivity index (χ1n) is 7.52. The molecule has 1 heterocycles. The highest BCUT2D eigenvalue weighted by atomic mass is 15.1. The zero-order valence-corrected chi connectivity index (χ0v) is 12.3. The van der Waals surface area contributed by atoms with E-state index in [9.17, 15) is 5.26 Å². The van der Waals surface area contributed by atoms with Crippen LogP contribution in [0.15, 0.2) is 0 Å². The van der Waals surface area contributed by atoms with E-state index in [0.717, 1.165) is 25.3 Å². The summed E-state index contributed by atoms with van der Waals surface area (Å²) in [5.74, 6) is 0.927. The van der Waals surface area contributed by atoms with Crippen LogP contribution >= 0.6 is 0 Å². The smallest absolute Gasteiger partial charge is 0.103 e. The normalized spacial score (nSPS) is 23.8. The molecule has 0 radical (unpaired) electrons. The van der Waals surface area contributed by atoms with E-state index in [-0.39, 0.29) is 5.54 Å². The second-order valence-corrected chi connectivity index (χ2v) is 5.79. The third-order valence-corrected chi connectivity index (χ3v) is 4.16. The Morgan fingerprint density at radius 2 is 2.17 bits per heavy atom. The van der Waals surface area contributed by atoms with Crippen LogP contribution in [-0.4, -0.2) is 36.6 Å². The van der Waals surface area contributed by atoms with Gasteiger partial charge in [0.1, 0.15) is 5.54 Å². The lowest BCUT2D eigenvalue weighted by molar-refractivity contribution is 0.305.